The smallest absolute Gasteiger partial charge is 0.0975 e. The molecular weight excluding hydrogens is 270 g/mol. The van der Waals surface area contributed by atoms with Crippen LogP contribution in [0.4, 0.5) is 0 Å². The fourth-order valence-corrected chi connectivity index (χ4v) is 3.05. The summed E-state index contributed by atoms with van der Waals surface area (Å²) in [5, 5.41) is 0.754. The second-order valence-corrected chi connectivity index (χ2v) is 6.32. The van der Waals surface area contributed by atoms with Crippen LogP contribution in [0.1, 0.15) is 57.1 Å². The summed E-state index contributed by atoms with van der Waals surface area (Å²) in [6, 6.07) is 7.93. The van der Waals surface area contributed by atoms with Gasteiger partial charge >= 0.3 is 0 Å². The Morgan fingerprint density at radius 2 is 1.85 bits per heavy atom. The molecule has 0 saturated heterocycles. The minimum atomic E-state index is -0.0146. The lowest BCUT2D eigenvalue weighted by Crippen LogP contribution is -2.31. The number of halogens is 1. The maximum Gasteiger partial charge on any atom is 0.0975 e. The van der Waals surface area contributed by atoms with Crippen molar-refractivity contribution in [2.24, 2.45) is 11.7 Å². The molecule has 1 aromatic rings. The summed E-state index contributed by atoms with van der Waals surface area (Å²) in [6.45, 7) is 2.94. The van der Waals surface area contributed by atoms with Gasteiger partial charge in [0.25, 0.3) is 0 Å². The van der Waals surface area contributed by atoms with E-state index in [4.69, 9.17) is 22.1 Å². The predicted molar refractivity (Wildman–Crippen MR) is 85.0 cm³/mol. The van der Waals surface area contributed by atoms with Crippen molar-refractivity contribution < 1.29 is 4.74 Å². The number of benzene rings is 1. The summed E-state index contributed by atoms with van der Waals surface area (Å²) >= 11 is 5.96. The van der Waals surface area contributed by atoms with Gasteiger partial charge in [0.05, 0.1) is 12.7 Å². The zero-order chi connectivity index (χ0) is 14.4. The second-order valence-electron chi connectivity index (χ2n) is 5.88. The molecule has 1 saturated carbocycles. The molecule has 0 radical (unpaired) electrons. The van der Waals surface area contributed by atoms with Gasteiger partial charge in [0.1, 0.15) is 0 Å². The third-order valence-electron chi connectivity index (χ3n) is 4.30. The Bertz CT molecular complexity index is 386. The first-order valence-electron chi connectivity index (χ1n) is 7.83. The highest BCUT2D eigenvalue weighted by molar-refractivity contribution is 6.30. The summed E-state index contributed by atoms with van der Waals surface area (Å²) in [6.07, 6.45) is 7.57. The van der Waals surface area contributed by atoms with E-state index in [0.717, 1.165) is 23.6 Å². The molecule has 0 spiro atoms. The molecule has 1 aromatic carbocycles. The van der Waals surface area contributed by atoms with Crippen molar-refractivity contribution in [3.05, 3.63) is 34.9 Å². The van der Waals surface area contributed by atoms with Gasteiger partial charge in [-0.3, -0.25) is 0 Å². The minimum Gasteiger partial charge on any atom is -0.372 e. The van der Waals surface area contributed by atoms with Crippen LogP contribution in [0.15, 0.2) is 24.3 Å². The quantitative estimate of drug-likeness (QED) is 0.824. The molecule has 1 aliphatic rings. The zero-order valence-corrected chi connectivity index (χ0v) is 13.1. The Balaban J connectivity index is 1.97. The van der Waals surface area contributed by atoms with Gasteiger partial charge in [0.2, 0.25) is 0 Å². The summed E-state index contributed by atoms with van der Waals surface area (Å²) in [4.78, 5) is 0. The summed E-state index contributed by atoms with van der Waals surface area (Å²) in [7, 11) is 0. The number of rotatable bonds is 6. The molecule has 1 aliphatic carbocycles. The van der Waals surface area contributed by atoms with Crippen LogP contribution in [-0.2, 0) is 4.74 Å². The van der Waals surface area contributed by atoms with Crippen LogP contribution >= 0.6 is 11.6 Å². The molecule has 0 bridgehead atoms. The van der Waals surface area contributed by atoms with Gasteiger partial charge in [-0.25, -0.2) is 0 Å². The van der Waals surface area contributed by atoms with Crippen molar-refractivity contribution in [3.63, 3.8) is 0 Å². The van der Waals surface area contributed by atoms with Crippen LogP contribution in [-0.4, -0.2) is 12.6 Å². The van der Waals surface area contributed by atoms with E-state index < -0.39 is 0 Å². The Morgan fingerprint density at radius 1 is 1.20 bits per heavy atom. The van der Waals surface area contributed by atoms with E-state index in [-0.39, 0.29) is 12.1 Å². The first-order chi connectivity index (χ1) is 9.70. The normalized spacial score (nSPS) is 19.8. The average molecular weight is 296 g/mol. The fraction of sp³-hybridized carbons (Fsp3) is 0.647. The highest BCUT2D eigenvalue weighted by Crippen LogP contribution is 2.28. The van der Waals surface area contributed by atoms with Gasteiger partial charge in [0.15, 0.2) is 0 Å². The third-order valence-corrected chi connectivity index (χ3v) is 4.55. The third kappa shape index (κ3) is 4.47. The van der Waals surface area contributed by atoms with Crippen molar-refractivity contribution in [3.8, 4) is 0 Å². The second kappa shape index (κ2) is 8.02. The van der Waals surface area contributed by atoms with Crippen molar-refractivity contribution in [1.82, 2.24) is 0 Å². The molecule has 2 rings (SSSR count). The van der Waals surface area contributed by atoms with Gasteiger partial charge in [-0.15, -0.1) is 0 Å². The SMILES string of the molecule is CCC(N)C(OCC1CCCCC1)c1ccc(Cl)cc1. The van der Waals surface area contributed by atoms with E-state index in [1.165, 1.54) is 32.1 Å². The first-order valence-corrected chi connectivity index (χ1v) is 8.21. The van der Waals surface area contributed by atoms with Crippen LogP contribution in [0.3, 0.4) is 0 Å². The van der Waals surface area contributed by atoms with Crippen molar-refractivity contribution in [2.75, 3.05) is 6.61 Å². The lowest BCUT2D eigenvalue weighted by atomic mass is 9.90. The minimum absolute atomic E-state index is 0.0146. The number of hydrogen-bond acceptors (Lipinski definition) is 2. The zero-order valence-electron chi connectivity index (χ0n) is 12.4. The predicted octanol–water partition coefficient (Wildman–Crippen LogP) is 4.72. The highest BCUT2D eigenvalue weighted by atomic mass is 35.5. The molecular formula is C17H26ClNO. The first kappa shape index (κ1) is 15.8. The van der Waals surface area contributed by atoms with E-state index in [1.54, 1.807) is 0 Å². The van der Waals surface area contributed by atoms with Gasteiger partial charge in [0, 0.05) is 11.1 Å². The molecule has 1 fully saturated rings. The Labute approximate surface area is 127 Å². The van der Waals surface area contributed by atoms with E-state index in [9.17, 15) is 0 Å². The van der Waals surface area contributed by atoms with Crippen LogP contribution in [0.2, 0.25) is 5.02 Å². The van der Waals surface area contributed by atoms with Gasteiger partial charge in [-0.05, 0) is 42.9 Å². The molecule has 2 unspecified atom stereocenters. The average Bonchev–Trinajstić information content (AvgIpc) is 2.50. The standard InChI is InChI=1S/C17H26ClNO/c1-2-16(19)17(14-8-10-15(18)11-9-14)20-12-13-6-4-3-5-7-13/h8-11,13,16-17H,2-7,12,19H2,1H3. The molecule has 0 aromatic heterocycles. The van der Waals surface area contributed by atoms with Gasteiger partial charge in [-0.2, -0.15) is 0 Å². The van der Waals surface area contributed by atoms with Crippen LogP contribution < -0.4 is 5.73 Å². The Kier molecular flexibility index (Phi) is 6.34. The summed E-state index contributed by atoms with van der Waals surface area (Å²) in [5.74, 6) is 0.711. The van der Waals surface area contributed by atoms with Crippen molar-refractivity contribution in [2.45, 2.75) is 57.6 Å². The van der Waals surface area contributed by atoms with Crippen molar-refractivity contribution in [1.29, 1.82) is 0 Å². The lowest BCUT2D eigenvalue weighted by molar-refractivity contribution is 0.00440. The Hall–Kier alpha value is -0.570. The Morgan fingerprint density at radius 3 is 2.45 bits per heavy atom. The largest absolute Gasteiger partial charge is 0.372 e. The van der Waals surface area contributed by atoms with Crippen LogP contribution in [0, 0.1) is 5.92 Å². The monoisotopic (exact) mass is 295 g/mol. The van der Waals surface area contributed by atoms with Crippen LogP contribution in [0.5, 0.6) is 0 Å². The summed E-state index contributed by atoms with van der Waals surface area (Å²) in [5.41, 5.74) is 7.38. The molecule has 2 atom stereocenters. The van der Waals surface area contributed by atoms with E-state index in [2.05, 4.69) is 6.92 Å². The highest BCUT2D eigenvalue weighted by Gasteiger charge is 2.22. The molecule has 2 nitrogen and oxygen atoms in total. The fourth-order valence-electron chi connectivity index (χ4n) is 2.93. The topological polar surface area (TPSA) is 35.2 Å². The van der Waals surface area contributed by atoms with Crippen LogP contribution in [0.25, 0.3) is 0 Å². The molecule has 0 amide bonds. The number of ether oxygens (including phenoxy) is 1. The molecule has 0 aliphatic heterocycles. The molecule has 112 valence electrons. The molecule has 0 heterocycles. The molecule has 2 N–H and O–H groups in total. The number of hydrogen-bond donors (Lipinski definition) is 1. The number of nitrogens with two attached hydrogens (primary N) is 1. The van der Waals surface area contributed by atoms with E-state index in [0.29, 0.717) is 5.92 Å². The van der Waals surface area contributed by atoms with E-state index in [1.807, 2.05) is 24.3 Å². The van der Waals surface area contributed by atoms with Crippen molar-refractivity contribution >= 4 is 11.6 Å². The molecule has 20 heavy (non-hydrogen) atoms. The van der Waals surface area contributed by atoms with Gasteiger partial charge in [-0.1, -0.05) is 49.9 Å². The maximum absolute atomic E-state index is 6.24. The maximum atomic E-state index is 6.24. The summed E-state index contributed by atoms with van der Waals surface area (Å²) < 4.78 is 6.19. The lowest BCUT2D eigenvalue weighted by Gasteiger charge is -2.28. The molecule has 3 heteroatoms. The van der Waals surface area contributed by atoms with Gasteiger partial charge < -0.3 is 10.5 Å². The van der Waals surface area contributed by atoms with E-state index >= 15 is 0 Å².